The summed E-state index contributed by atoms with van der Waals surface area (Å²) >= 11 is 1.32. The molecule has 1 unspecified atom stereocenters. The average Bonchev–Trinajstić information content (AvgIpc) is 3.12. The summed E-state index contributed by atoms with van der Waals surface area (Å²) in [6.07, 6.45) is 4.09. The molecule has 0 bridgehead atoms. The number of H-pyrrole nitrogens is 1. The predicted molar refractivity (Wildman–Crippen MR) is 108 cm³/mol. The molecule has 2 aromatic heterocycles. The zero-order valence-electron chi connectivity index (χ0n) is 16.3. The van der Waals surface area contributed by atoms with Crippen LogP contribution in [0.15, 0.2) is 10.3 Å². The first kappa shape index (κ1) is 20.2. The molecule has 9 nitrogen and oxygen atoms in total. The Bertz CT molecular complexity index is 1110. The number of hydrogen-bond donors (Lipinski definition) is 1. The van der Waals surface area contributed by atoms with E-state index in [2.05, 4.69) is 15.0 Å². The van der Waals surface area contributed by atoms with Crippen molar-refractivity contribution in [1.29, 1.82) is 0 Å². The molecule has 2 aliphatic heterocycles. The maximum Gasteiger partial charge on any atom is 0.266 e. The van der Waals surface area contributed by atoms with Gasteiger partial charge < -0.3 is 9.88 Å². The van der Waals surface area contributed by atoms with Gasteiger partial charge in [-0.05, 0) is 26.2 Å². The van der Waals surface area contributed by atoms with Gasteiger partial charge in [0.1, 0.15) is 10.7 Å². The lowest BCUT2D eigenvalue weighted by atomic mass is 10.00. The maximum atomic E-state index is 13.1. The third kappa shape index (κ3) is 3.86. The van der Waals surface area contributed by atoms with Gasteiger partial charge in [0, 0.05) is 26.1 Å². The van der Waals surface area contributed by atoms with Gasteiger partial charge in [0.05, 0.1) is 34.8 Å². The molecule has 2 aliphatic rings. The lowest BCUT2D eigenvalue weighted by Crippen LogP contribution is -2.42. The van der Waals surface area contributed by atoms with Gasteiger partial charge in [0.15, 0.2) is 0 Å². The highest BCUT2D eigenvalue weighted by molar-refractivity contribution is 7.88. The van der Waals surface area contributed by atoms with Crippen molar-refractivity contribution in [2.24, 2.45) is 0 Å². The normalized spacial score (nSPS) is 20.5. The highest BCUT2D eigenvalue weighted by Gasteiger charge is 2.33. The second-order valence-electron chi connectivity index (χ2n) is 7.50. The number of piperidine rings is 1. The zero-order valence-corrected chi connectivity index (χ0v) is 18.0. The molecule has 4 rings (SSSR count). The van der Waals surface area contributed by atoms with E-state index in [0.29, 0.717) is 47.2 Å². The second kappa shape index (κ2) is 7.62. The molecule has 156 valence electrons. The molecule has 0 radical (unpaired) electrons. The molecule has 29 heavy (non-hydrogen) atoms. The van der Waals surface area contributed by atoms with Crippen LogP contribution < -0.4 is 5.56 Å². The summed E-state index contributed by atoms with van der Waals surface area (Å²) in [6, 6.07) is -0.302. The number of rotatable bonds is 3. The smallest absolute Gasteiger partial charge is 0.266 e. The number of likely N-dealkylation sites (tertiary alicyclic amines) is 1. The van der Waals surface area contributed by atoms with Gasteiger partial charge in [0.2, 0.25) is 10.0 Å². The number of nitrogens with zero attached hydrogens (tertiary/aromatic N) is 4. The number of fused-ring (bicyclic) bond motifs is 1. The number of aryl methyl sites for hydroxylation is 1. The minimum absolute atomic E-state index is 0.0319. The summed E-state index contributed by atoms with van der Waals surface area (Å²) < 4.78 is 24.9. The molecule has 0 aliphatic carbocycles. The lowest BCUT2D eigenvalue weighted by molar-refractivity contribution is 0.0603. The number of amides is 1. The monoisotopic (exact) mass is 437 g/mol. The molecule has 11 heteroatoms. The third-order valence-electron chi connectivity index (χ3n) is 5.54. The number of aromatic nitrogens is 3. The standard InChI is InChI=1S/C18H23N5O4S2/c1-11-15(28-10-19-11)18(25)23-7-4-3-5-14(23)16-20-13-6-8-22(29(2,26)27)9-12(13)17(24)21-16/h10,14H,3-9H2,1-2H3,(H,20,21,24). The molecule has 1 atom stereocenters. The SMILES string of the molecule is Cc1ncsc1C(=O)N1CCCCC1c1nc2c(c(=O)[nH]1)CN(S(C)(=O)=O)CC2. The van der Waals surface area contributed by atoms with Crippen LogP contribution in [0, 0.1) is 6.92 Å². The quantitative estimate of drug-likeness (QED) is 0.772. The van der Waals surface area contributed by atoms with E-state index in [1.54, 1.807) is 10.4 Å². The van der Waals surface area contributed by atoms with Crippen LogP contribution >= 0.6 is 11.3 Å². The Morgan fingerprint density at radius 1 is 1.31 bits per heavy atom. The summed E-state index contributed by atoms with van der Waals surface area (Å²) in [4.78, 5) is 39.9. The third-order valence-corrected chi connectivity index (χ3v) is 7.71. The molecule has 4 heterocycles. The topological polar surface area (TPSA) is 116 Å². The van der Waals surface area contributed by atoms with Crippen LogP contribution in [-0.2, 0) is 23.0 Å². The molecule has 1 amide bonds. The Hall–Kier alpha value is -2.11. The number of nitrogens with one attached hydrogen (secondary N) is 1. The van der Waals surface area contributed by atoms with Gasteiger partial charge >= 0.3 is 0 Å². The van der Waals surface area contributed by atoms with Gasteiger partial charge in [0.25, 0.3) is 11.5 Å². The van der Waals surface area contributed by atoms with E-state index in [-0.39, 0.29) is 24.1 Å². The first-order valence-electron chi connectivity index (χ1n) is 9.54. The van der Waals surface area contributed by atoms with Crippen molar-refractivity contribution in [3.05, 3.63) is 43.5 Å². The van der Waals surface area contributed by atoms with E-state index in [9.17, 15) is 18.0 Å². The minimum Gasteiger partial charge on any atom is -0.328 e. The van der Waals surface area contributed by atoms with Gasteiger partial charge in [-0.1, -0.05) is 0 Å². The van der Waals surface area contributed by atoms with Crippen LogP contribution in [-0.4, -0.2) is 57.8 Å². The Morgan fingerprint density at radius 3 is 2.79 bits per heavy atom. The van der Waals surface area contributed by atoms with Crippen LogP contribution in [0.1, 0.15) is 57.8 Å². The van der Waals surface area contributed by atoms with Gasteiger partial charge in [-0.3, -0.25) is 9.59 Å². The summed E-state index contributed by atoms with van der Waals surface area (Å²) in [5.74, 6) is 0.398. The first-order valence-corrected chi connectivity index (χ1v) is 12.3. The van der Waals surface area contributed by atoms with Crippen LogP contribution in [0.3, 0.4) is 0 Å². The lowest BCUT2D eigenvalue weighted by Gasteiger charge is -2.35. The van der Waals surface area contributed by atoms with Crippen LogP contribution in [0.4, 0.5) is 0 Å². The van der Waals surface area contributed by atoms with E-state index >= 15 is 0 Å². The number of sulfonamides is 1. The van der Waals surface area contributed by atoms with E-state index in [1.807, 2.05) is 6.92 Å². The Morgan fingerprint density at radius 2 is 2.10 bits per heavy atom. The minimum atomic E-state index is -3.37. The molecule has 1 saturated heterocycles. The molecule has 0 aromatic carbocycles. The van der Waals surface area contributed by atoms with E-state index in [1.165, 1.54) is 15.6 Å². The zero-order chi connectivity index (χ0) is 20.8. The van der Waals surface area contributed by atoms with Gasteiger partial charge in [-0.25, -0.2) is 18.4 Å². The summed E-state index contributed by atoms with van der Waals surface area (Å²) in [5.41, 5.74) is 3.05. The van der Waals surface area contributed by atoms with E-state index < -0.39 is 10.0 Å². The van der Waals surface area contributed by atoms with E-state index in [0.717, 1.165) is 25.5 Å². The van der Waals surface area contributed by atoms with Crippen LogP contribution in [0.25, 0.3) is 0 Å². The average molecular weight is 438 g/mol. The fourth-order valence-electron chi connectivity index (χ4n) is 3.96. The Balaban J connectivity index is 1.67. The fraction of sp³-hybridized carbons (Fsp3) is 0.556. The first-order chi connectivity index (χ1) is 13.8. The van der Waals surface area contributed by atoms with Crippen molar-refractivity contribution in [2.75, 3.05) is 19.3 Å². The van der Waals surface area contributed by atoms with Crippen LogP contribution in [0.2, 0.25) is 0 Å². The second-order valence-corrected chi connectivity index (χ2v) is 10.3. The van der Waals surface area contributed by atoms with Crippen molar-refractivity contribution >= 4 is 27.3 Å². The van der Waals surface area contributed by atoms with Gasteiger partial charge in [-0.2, -0.15) is 4.31 Å². The molecule has 0 saturated carbocycles. The van der Waals surface area contributed by atoms with Crippen molar-refractivity contribution in [2.45, 2.75) is 45.2 Å². The highest BCUT2D eigenvalue weighted by atomic mass is 32.2. The van der Waals surface area contributed by atoms with Crippen molar-refractivity contribution in [3.8, 4) is 0 Å². The number of carbonyl (C=O) groups excluding carboxylic acids is 1. The summed E-state index contributed by atoms with van der Waals surface area (Å²) in [7, 11) is -3.37. The summed E-state index contributed by atoms with van der Waals surface area (Å²) in [6.45, 7) is 2.75. The fourth-order valence-corrected chi connectivity index (χ4v) is 5.50. The summed E-state index contributed by atoms with van der Waals surface area (Å²) in [5, 5.41) is 0. The van der Waals surface area contributed by atoms with Crippen LogP contribution in [0.5, 0.6) is 0 Å². The molecule has 1 N–H and O–H groups in total. The molecule has 2 aromatic rings. The maximum absolute atomic E-state index is 13.1. The van der Waals surface area contributed by atoms with Gasteiger partial charge in [-0.15, -0.1) is 11.3 Å². The van der Waals surface area contributed by atoms with Crippen molar-refractivity contribution < 1.29 is 13.2 Å². The Labute approximate surface area is 172 Å². The van der Waals surface area contributed by atoms with Crippen molar-refractivity contribution in [3.63, 3.8) is 0 Å². The number of hydrogen-bond acceptors (Lipinski definition) is 7. The molecule has 0 spiro atoms. The molecular weight excluding hydrogens is 414 g/mol. The highest BCUT2D eigenvalue weighted by Crippen LogP contribution is 2.32. The molecular formula is C18H23N5O4S2. The van der Waals surface area contributed by atoms with E-state index in [4.69, 9.17) is 0 Å². The Kier molecular flexibility index (Phi) is 5.30. The number of aromatic amines is 1. The van der Waals surface area contributed by atoms with Crippen molar-refractivity contribution in [1.82, 2.24) is 24.2 Å². The number of thiazole rings is 1. The predicted octanol–water partition coefficient (Wildman–Crippen LogP) is 1.22. The number of carbonyl (C=O) groups is 1. The molecule has 1 fully saturated rings. The largest absolute Gasteiger partial charge is 0.328 e.